The highest BCUT2D eigenvalue weighted by Gasteiger charge is 2.22. The standard InChI is InChI=1S/C15H22N4O2.ClH/c1-10-8-17-7-6-13(10)19-14(20)12-4-2-11(3-5-12)9-18-15(16)21;/h2-5,10,13,17H,6-9H2,1H3,(H,19,20)(H3,16,18,21);1H. The zero-order chi connectivity index (χ0) is 15.2. The lowest BCUT2D eigenvalue weighted by Gasteiger charge is -2.30. The Labute approximate surface area is 136 Å². The van der Waals surface area contributed by atoms with Gasteiger partial charge in [-0.2, -0.15) is 0 Å². The molecule has 2 rings (SSSR count). The van der Waals surface area contributed by atoms with Crippen molar-refractivity contribution in [3.63, 3.8) is 0 Å². The summed E-state index contributed by atoms with van der Waals surface area (Å²) in [7, 11) is 0. The quantitative estimate of drug-likeness (QED) is 0.664. The maximum absolute atomic E-state index is 12.2. The molecule has 0 bridgehead atoms. The zero-order valence-electron chi connectivity index (χ0n) is 12.6. The summed E-state index contributed by atoms with van der Waals surface area (Å²) in [4.78, 5) is 22.9. The number of carbonyl (C=O) groups excluding carboxylic acids is 2. The summed E-state index contributed by atoms with van der Waals surface area (Å²) >= 11 is 0. The van der Waals surface area contributed by atoms with E-state index in [0.29, 0.717) is 18.0 Å². The molecule has 0 saturated carbocycles. The van der Waals surface area contributed by atoms with Crippen molar-refractivity contribution in [2.24, 2.45) is 11.7 Å². The van der Waals surface area contributed by atoms with Gasteiger partial charge in [0.05, 0.1) is 0 Å². The molecule has 6 nitrogen and oxygen atoms in total. The van der Waals surface area contributed by atoms with Crippen LogP contribution in [0.1, 0.15) is 29.3 Å². The molecule has 22 heavy (non-hydrogen) atoms. The number of primary amides is 1. The maximum Gasteiger partial charge on any atom is 0.312 e. The van der Waals surface area contributed by atoms with Crippen LogP contribution in [0.4, 0.5) is 4.79 Å². The van der Waals surface area contributed by atoms with Gasteiger partial charge in [-0.15, -0.1) is 12.4 Å². The minimum absolute atomic E-state index is 0. The molecular weight excluding hydrogens is 304 g/mol. The van der Waals surface area contributed by atoms with Crippen LogP contribution in [0.15, 0.2) is 24.3 Å². The Bertz CT molecular complexity index is 507. The van der Waals surface area contributed by atoms with Crippen molar-refractivity contribution in [3.05, 3.63) is 35.4 Å². The third kappa shape index (κ3) is 5.20. The fourth-order valence-corrected chi connectivity index (χ4v) is 2.44. The molecule has 3 amide bonds. The van der Waals surface area contributed by atoms with Gasteiger partial charge >= 0.3 is 6.03 Å². The average Bonchev–Trinajstić information content (AvgIpc) is 2.48. The molecule has 1 aromatic carbocycles. The van der Waals surface area contributed by atoms with E-state index in [-0.39, 0.29) is 24.4 Å². The lowest BCUT2D eigenvalue weighted by atomic mass is 9.95. The van der Waals surface area contributed by atoms with Crippen molar-refractivity contribution >= 4 is 24.3 Å². The Kier molecular flexibility index (Phi) is 7.14. The molecule has 1 aliphatic rings. The first-order valence-corrected chi connectivity index (χ1v) is 7.20. The van der Waals surface area contributed by atoms with Crippen LogP contribution < -0.4 is 21.7 Å². The third-order valence-corrected chi connectivity index (χ3v) is 3.78. The van der Waals surface area contributed by atoms with Gasteiger partial charge in [-0.3, -0.25) is 4.79 Å². The zero-order valence-corrected chi connectivity index (χ0v) is 13.4. The molecule has 7 heteroatoms. The molecule has 2 atom stereocenters. The van der Waals surface area contributed by atoms with Crippen molar-refractivity contribution in [1.82, 2.24) is 16.0 Å². The largest absolute Gasteiger partial charge is 0.352 e. The second-order valence-electron chi connectivity index (χ2n) is 5.46. The number of nitrogens with two attached hydrogens (primary N) is 1. The number of amides is 3. The minimum atomic E-state index is -0.559. The Morgan fingerprint density at radius 3 is 2.59 bits per heavy atom. The molecular formula is C15H23ClN4O2. The van der Waals surface area contributed by atoms with E-state index in [1.807, 2.05) is 12.1 Å². The molecule has 0 aromatic heterocycles. The molecule has 0 spiro atoms. The molecule has 1 saturated heterocycles. The Morgan fingerprint density at radius 2 is 2.00 bits per heavy atom. The van der Waals surface area contributed by atoms with Gasteiger partial charge in [-0.25, -0.2) is 4.79 Å². The number of hydrogen-bond donors (Lipinski definition) is 4. The van der Waals surface area contributed by atoms with Gasteiger partial charge in [0.2, 0.25) is 0 Å². The SMILES string of the molecule is CC1CNCCC1NC(=O)c1ccc(CNC(N)=O)cc1.Cl. The van der Waals surface area contributed by atoms with Crippen molar-refractivity contribution < 1.29 is 9.59 Å². The van der Waals surface area contributed by atoms with Crippen molar-refractivity contribution in [1.29, 1.82) is 0 Å². The fraction of sp³-hybridized carbons (Fsp3) is 0.467. The minimum Gasteiger partial charge on any atom is -0.352 e. The lowest BCUT2D eigenvalue weighted by Crippen LogP contribution is -2.48. The predicted octanol–water partition coefficient (Wildman–Crippen LogP) is 1.00. The summed E-state index contributed by atoms with van der Waals surface area (Å²) in [5.74, 6) is 0.380. The highest BCUT2D eigenvalue weighted by atomic mass is 35.5. The van der Waals surface area contributed by atoms with E-state index in [4.69, 9.17) is 5.73 Å². The van der Waals surface area contributed by atoms with E-state index in [0.717, 1.165) is 25.1 Å². The van der Waals surface area contributed by atoms with Crippen LogP contribution in [0, 0.1) is 5.92 Å². The average molecular weight is 327 g/mol. The number of benzene rings is 1. The van der Waals surface area contributed by atoms with Crippen molar-refractivity contribution in [3.8, 4) is 0 Å². The lowest BCUT2D eigenvalue weighted by molar-refractivity contribution is 0.0914. The van der Waals surface area contributed by atoms with Gasteiger partial charge in [0, 0.05) is 18.2 Å². The Balaban J connectivity index is 0.00000242. The summed E-state index contributed by atoms with van der Waals surface area (Å²) in [6.45, 7) is 4.37. The number of carbonyl (C=O) groups is 2. The van der Waals surface area contributed by atoms with Crippen molar-refractivity contribution in [2.45, 2.75) is 25.9 Å². The summed E-state index contributed by atoms with van der Waals surface area (Å²) < 4.78 is 0. The predicted molar refractivity (Wildman–Crippen MR) is 88.0 cm³/mol. The first kappa shape index (κ1) is 18.3. The molecule has 1 aliphatic heterocycles. The van der Waals surface area contributed by atoms with E-state index < -0.39 is 6.03 Å². The van der Waals surface area contributed by atoms with Crippen LogP contribution in [0.2, 0.25) is 0 Å². The third-order valence-electron chi connectivity index (χ3n) is 3.78. The molecule has 1 fully saturated rings. The first-order chi connectivity index (χ1) is 10.1. The smallest absolute Gasteiger partial charge is 0.312 e. The topological polar surface area (TPSA) is 96.2 Å². The number of hydrogen-bond acceptors (Lipinski definition) is 3. The molecule has 0 radical (unpaired) electrons. The van der Waals surface area contributed by atoms with E-state index in [1.54, 1.807) is 12.1 Å². The van der Waals surface area contributed by atoms with E-state index >= 15 is 0 Å². The van der Waals surface area contributed by atoms with E-state index in [1.165, 1.54) is 0 Å². The van der Waals surface area contributed by atoms with Gasteiger partial charge in [-0.05, 0) is 43.1 Å². The van der Waals surface area contributed by atoms with Crippen molar-refractivity contribution in [2.75, 3.05) is 13.1 Å². The number of urea groups is 1. The molecule has 1 aromatic rings. The highest BCUT2D eigenvalue weighted by molar-refractivity contribution is 5.94. The normalized spacial score (nSPS) is 20.6. The number of halogens is 1. The van der Waals surface area contributed by atoms with Gasteiger partial charge in [0.25, 0.3) is 5.91 Å². The number of nitrogens with one attached hydrogen (secondary N) is 3. The molecule has 122 valence electrons. The molecule has 2 unspecified atom stereocenters. The summed E-state index contributed by atoms with van der Waals surface area (Å²) in [6, 6.07) is 6.82. The molecule has 1 heterocycles. The maximum atomic E-state index is 12.2. The number of piperidine rings is 1. The monoisotopic (exact) mass is 326 g/mol. The van der Waals surface area contributed by atoms with Crippen LogP contribution in [-0.4, -0.2) is 31.1 Å². The van der Waals surface area contributed by atoms with Crippen LogP contribution in [0.3, 0.4) is 0 Å². The van der Waals surface area contributed by atoms with Gasteiger partial charge in [0.1, 0.15) is 0 Å². The van der Waals surface area contributed by atoms with E-state index in [2.05, 4.69) is 22.9 Å². The Hall–Kier alpha value is -1.79. The van der Waals surface area contributed by atoms with Gasteiger partial charge < -0.3 is 21.7 Å². The van der Waals surface area contributed by atoms with Crippen LogP contribution in [0.5, 0.6) is 0 Å². The number of rotatable bonds is 4. The summed E-state index contributed by atoms with van der Waals surface area (Å²) in [5, 5.41) is 8.91. The second kappa shape index (κ2) is 8.60. The molecule has 5 N–H and O–H groups in total. The van der Waals surface area contributed by atoms with Gasteiger partial charge in [0.15, 0.2) is 0 Å². The van der Waals surface area contributed by atoms with Crippen LogP contribution >= 0.6 is 12.4 Å². The van der Waals surface area contributed by atoms with Crippen LogP contribution in [0.25, 0.3) is 0 Å². The summed E-state index contributed by atoms with van der Waals surface area (Å²) in [5.41, 5.74) is 6.55. The van der Waals surface area contributed by atoms with E-state index in [9.17, 15) is 9.59 Å². The van der Waals surface area contributed by atoms with Crippen LogP contribution in [-0.2, 0) is 6.54 Å². The highest BCUT2D eigenvalue weighted by Crippen LogP contribution is 2.12. The fourth-order valence-electron chi connectivity index (χ4n) is 2.44. The Morgan fingerprint density at radius 1 is 1.32 bits per heavy atom. The van der Waals surface area contributed by atoms with Gasteiger partial charge in [-0.1, -0.05) is 19.1 Å². The molecule has 0 aliphatic carbocycles. The summed E-state index contributed by atoms with van der Waals surface area (Å²) in [6.07, 6.45) is 0.952. The first-order valence-electron chi connectivity index (χ1n) is 7.20. The second-order valence-corrected chi connectivity index (χ2v) is 5.46.